The number of hydrogen-bond donors (Lipinski definition) is 2. The third-order valence-corrected chi connectivity index (χ3v) is 9.69. The third kappa shape index (κ3) is 9.94. The van der Waals surface area contributed by atoms with Crippen LogP contribution >= 0.6 is 11.8 Å². The summed E-state index contributed by atoms with van der Waals surface area (Å²) in [5.41, 5.74) is 2.05. The molecule has 5 rings (SSSR count). The quantitative estimate of drug-likeness (QED) is 0.0779. The van der Waals surface area contributed by atoms with Crippen LogP contribution in [0.15, 0.2) is 72.8 Å². The molecule has 0 radical (unpaired) electrons. The van der Waals surface area contributed by atoms with Crippen LogP contribution in [0.4, 0.5) is 16.2 Å². The normalized spacial score (nSPS) is 16.9. The molecule has 0 aromatic heterocycles. The van der Waals surface area contributed by atoms with E-state index in [-0.39, 0.29) is 67.1 Å². The molecule has 0 spiro atoms. The van der Waals surface area contributed by atoms with Gasteiger partial charge < -0.3 is 24.4 Å². The van der Waals surface area contributed by atoms with E-state index in [2.05, 4.69) is 5.32 Å². The zero-order valence-electron chi connectivity index (χ0n) is 27.6. The number of carbonyl (C=O) groups excluding carboxylic acids is 3. The molecule has 17 heteroatoms. The lowest BCUT2D eigenvalue weighted by molar-refractivity contribution is -0.385. The molecule has 3 aromatic rings. The number of nitrogens with one attached hydrogen (secondary N) is 2. The van der Waals surface area contributed by atoms with Crippen LogP contribution in [0.5, 0.6) is 5.75 Å². The second kappa shape index (κ2) is 16.8. The second-order valence-corrected chi connectivity index (χ2v) is 13.3. The van der Waals surface area contributed by atoms with Crippen LogP contribution in [0.2, 0.25) is 0 Å². The Morgan fingerprint density at radius 3 is 1.94 bits per heavy atom. The van der Waals surface area contributed by atoms with Crippen molar-refractivity contribution in [1.29, 1.82) is 5.41 Å². The van der Waals surface area contributed by atoms with E-state index in [1.807, 2.05) is 24.3 Å². The van der Waals surface area contributed by atoms with Crippen molar-refractivity contribution in [3.63, 3.8) is 0 Å². The first-order valence-corrected chi connectivity index (χ1v) is 17.0. The molecule has 0 bridgehead atoms. The average Bonchev–Trinajstić information content (AvgIpc) is 3.55. The van der Waals surface area contributed by atoms with Crippen molar-refractivity contribution in [3.05, 3.63) is 110 Å². The van der Waals surface area contributed by atoms with E-state index in [0.717, 1.165) is 11.3 Å². The molecule has 51 heavy (non-hydrogen) atoms. The molecule has 2 fully saturated rings. The zero-order valence-corrected chi connectivity index (χ0v) is 28.4. The van der Waals surface area contributed by atoms with Crippen molar-refractivity contribution >= 4 is 46.9 Å². The van der Waals surface area contributed by atoms with Gasteiger partial charge in [-0.25, -0.2) is 4.79 Å². The molecule has 0 aliphatic carbocycles. The molecule has 2 heterocycles. The molecule has 2 saturated heterocycles. The molecule has 2 N–H and O–H groups in total. The minimum Gasteiger partial charge on any atom is -0.497 e. The van der Waals surface area contributed by atoms with Crippen molar-refractivity contribution < 1.29 is 38.4 Å². The van der Waals surface area contributed by atoms with Crippen LogP contribution in [0.1, 0.15) is 29.5 Å². The number of nitro benzene ring substituents is 2. The number of benzene rings is 3. The molecule has 2 aliphatic heterocycles. The summed E-state index contributed by atoms with van der Waals surface area (Å²) in [6.07, 6.45) is -0.567. The second-order valence-electron chi connectivity index (χ2n) is 12.0. The fourth-order valence-corrected chi connectivity index (χ4v) is 6.77. The highest BCUT2D eigenvalue weighted by atomic mass is 32.2. The zero-order chi connectivity index (χ0) is 36.5. The van der Waals surface area contributed by atoms with Crippen LogP contribution in [-0.4, -0.2) is 87.5 Å². The number of thioether (sulfide) groups is 1. The van der Waals surface area contributed by atoms with Crippen LogP contribution in [0, 0.1) is 25.6 Å². The number of methoxy groups -OCH3 is 1. The molecule has 2 amide bonds. The number of rotatable bonds is 14. The summed E-state index contributed by atoms with van der Waals surface area (Å²) in [5.74, 6) is 0.435. The van der Waals surface area contributed by atoms with Gasteiger partial charge in [-0.2, -0.15) is 11.8 Å². The Morgan fingerprint density at radius 2 is 1.39 bits per heavy atom. The lowest BCUT2D eigenvalue weighted by Gasteiger charge is -2.42. The van der Waals surface area contributed by atoms with E-state index in [0.29, 0.717) is 29.8 Å². The van der Waals surface area contributed by atoms with Gasteiger partial charge in [-0.15, -0.1) is 0 Å². The van der Waals surface area contributed by atoms with E-state index >= 15 is 0 Å². The Labute approximate surface area is 296 Å². The maximum atomic E-state index is 13.7. The summed E-state index contributed by atoms with van der Waals surface area (Å²) in [7, 11) is 1.60. The fraction of sp³-hybridized carbons (Fsp3) is 0.353. The minimum atomic E-state index is -0.766. The van der Waals surface area contributed by atoms with Gasteiger partial charge in [0.2, 0.25) is 5.91 Å². The molecule has 3 aromatic carbocycles. The van der Waals surface area contributed by atoms with Gasteiger partial charge in [0, 0.05) is 54.9 Å². The van der Waals surface area contributed by atoms with Gasteiger partial charge in [0.1, 0.15) is 37.3 Å². The Hall–Kier alpha value is -5.71. The van der Waals surface area contributed by atoms with Gasteiger partial charge in [-0.05, 0) is 59.5 Å². The van der Waals surface area contributed by atoms with Gasteiger partial charge in [-0.1, -0.05) is 12.1 Å². The third-order valence-electron chi connectivity index (χ3n) is 8.38. The number of ether oxygens (including phenoxy) is 3. The van der Waals surface area contributed by atoms with Gasteiger partial charge in [-0.3, -0.25) is 40.1 Å². The number of likely N-dealkylation sites (tertiary alicyclic amines) is 2. The highest BCUT2D eigenvalue weighted by molar-refractivity contribution is 7.99. The highest BCUT2D eigenvalue weighted by Gasteiger charge is 2.45. The predicted octanol–water partition coefficient (Wildman–Crippen LogP) is 4.44. The van der Waals surface area contributed by atoms with Crippen molar-refractivity contribution in [2.45, 2.75) is 49.1 Å². The molecule has 0 unspecified atom stereocenters. The molecular formula is C34H36N6O10S. The Bertz CT molecular complexity index is 1750. The van der Waals surface area contributed by atoms with E-state index in [9.17, 15) is 34.6 Å². The summed E-state index contributed by atoms with van der Waals surface area (Å²) in [5, 5.41) is 32.8. The fourth-order valence-electron chi connectivity index (χ4n) is 5.56. The molecule has 268 valence electrons. The summed E-state index contributed by atoms with van der Waals surface area (Å²) < 4.78 is 16.0. The first-order valence-electron chi connectivity index (χ1n) is 15.9. The molecule has 16 nitrogen and oxygen atoms in total. The topological polar surface area (TPSA) is 208 Å². The van der Waals surface area contributed by atoms with Crippen LogP contribution < -0.4 is 10.1 Å². The van der Waals surface area contributed by atoms with Crippen molar-refractivity contribution in [2.75, 3.05) is 26.7 Å². The first-order chi connectivity index (χ1) is 24.5. The number of carbonyl (C=O) groups is 3. The van der Waals surface area contributed by atoms with Gasteiger partial charge in [0.15, 0.2) is 0 Å². The Morgan fingerprint density at radius 1 is 0.843 bits per heavy atom. The van der Waals surface area contributed by atoms with E-state index in [1.165, 1.54) is 53.4 Å². The molecule has 0 saturated carbocycles. The van der Waals surface area contributed by atoms with Gasteiger partial charge >= 0.3 is 12.1 Å². The van der Waals surface area contributed by atoms with E-state index in [4.69, 9.17) is 19.6 Å². The molecule has 2 atom stereocenters. The number of nitrogens with zero attached hydrogens (tertiary/aromatic N) is 4. The number of nitro groups is 2. The SMILES string of the molecule is COc1ccc(CS[C@H]2C[C@@H](C(=O)N3CC(NC(=N)CC(=O)OCc4ccc([N+](=O)[O-])cc4)C3)N(C(=O)OCc3ccc([N+](=O)[O-])cc3)C2)cc1. The van der Waals surface area contributed by atoms with Crippen LogP contribution in [0.25, 0.3) is 0 Å². The van der Waals surface area contributed by atoms with Crippen LogP contribution in [0.3, 0.4) is 0 Å². The Kier molecular flexibility index (Phi) is 12.0. The van der Waals surface area contributed by atoms with Gasteiger partial charge in [0.05, 0.1) is 23.0 Å². The van der Waals surface area contributed by atoms with Crippen molar-refractivity contribution in [2.24, 2.45) is 0 Å². The van der Waals surface area contributed by atoms with Gasteiger partial charge in [0.25, 0.3) is 11.4 Å². The summed E-state index contributed by atoms with van der Waals surface area (Å²) in [6, 6.07) is 17.9. The number of esters is 1. The Balaban J connectivity index is 1.12. The average molecular weight is 721 g/mol. The summed E-state index contributed by atoms with van der Waals surface area (Å²) in [6.45, 7) is 0.615. The first kappa shape index (κ1) is 36.6. The lowest BCUT2D eigenvalue weighted by Crippen LogP contribution is -2.64. The maximum Gasteiger partial charge on any atom is 0.410 e. The number of hydrogen-bond acceptors (Lipinski definition) is 12. The van der Waals surface area contributed by atoms with E-state index in [1.54, 1.807) is 23.8 Å². The smallest absolute Gasteiger partial charge is 0.410 e. The number of amidine groups is 1. The molecular weight excluding hydrogens is 684 g/mol. The van der Waals surface area contributed by atoms with Crippen molar-refractivity contribution in [1.82, 2.24) is 15.1 Å². The maximum absolute atomic E-state index is 13.7. The minimum absolute atomic E-state index is 0.0478. The number of non-ortho nitro benzene ring substituents is 2. The predicted molar refractivity (Wildman–Crippen MR) is 185 cm³/mol. The molecule has 2 aliphatic rings. The summed E-state index contributed by atoms with van der Waals surface area (Å²) >= 11 is 1.63. The van der Waals surface area contributed by atoms with Crippen LogP contribution in [-0.2, 0) is 38.0 Å². The highest BCUT2D eigenvalue weighted by Crippen LogP contribution is 2.33. The largest absolute Gasteiger partial charge is 0.497 e. The van der Waals surface area contributed by atoms with Crippen molar-refractivity contribution in [3.8, 4) is 5.75 Å². The lowest BCUT2D eigenvalue weighted by atomic mass is 10.1. The standard InChI is InChI=1S/C34H36N6O10S/c1-48-28-12-6-24(7-13-28)21-51-29-14-30(38(18-29)34(43)50-20-23-4-10-27(11-5-23)40(46)47)33(42)37-16-25(17-37)36-31(35)15-32(41)49-19-22-2-8-26(9-3-22)39(44)45/h2-13,25,29-30H,14-21H2,1H3,(H2,35,36)/t29-,30-/m0/s1. The summed E-state index contributed by atoms with van der Waals surface area (Å²) in [4.78, 5) is 63.0. The monoisotopic (exact) mass is 720 g/mol. The van der Waals surface area contributed by atoms with E-state index < -0.39 is 28.0 Å². The number of amides is 2.